The van der Waals surface area contributed by atoms with Crippen LogP contribution in [0.5, 0.6) is 0 Å². The highest BCUT2D eigenvalue weighted by Crippen LogP contribution is 2.38. The van der Waals surface area contributed by atoms with Gasteiger partial charge in [-0.15, -0.1) is 11.3 Å². The van der Waals surface area contributed by atoms with Crippen LogP contribution in [0.25, 0.3) is 32.6 Å². The number of aromatic nitrogens is 4. The molecule has 0 atom stereocenters. The number of aryl methyl sites for hydroxylation is 1. The first-order chi connectivity index (χ1) is 18.7. The Hall–Kier alpha value is -3.79. The summed E-state index contributed by atoms with van der Waals surface area (Å²) in [6.45, 7) is 6.67. The maximum atomic E-state index is 15.1. The van der Waals surface area contributed by atoms with Crippen LogP contribution in [0.3, 0.4) is 0 Å². The van der Waals surface area contributed by atoms with Crippen LogP contribution in [0.1, 0.15) is 50.1 Å². The van der Waals surface area contributed by atoms with Crippen molar-refractivity contribution in [3.63, 3.8) is 0 Å². The third-order valence-corrected chi connectivity index (χ3v) is 8.39. The third-order valence-electron chi connectivity index (χ3n) is 7.28. The molecule has 0 amide bonds. The number of carboxylic acids is 1. The zero-order valence-electron chi connectivity index (χ0n) is 22.2. The Kier molecular flexibility index (Phi) is 7.40. The number of aliphatic carboxylic acids is 1. The fourth-order valence-corrected chi connectivity index (χ4v) is 5.90. The number of rotatable bonds is 8. The molecule has 1 saturated heterocycles. The third kappa shape index (κ3) is 5.52. The Morgan fingerprint density at radius 3 is 2.44 bits per heavy atom. The van der Waals surface area contributed by atoms with Gasteiger partial charge in [-0.2, -0.15) is 0 Å². The minimum absolute atomic E-state index is 0.128. The number of anilines is 1. The topological polar surface area (TPSA) is 109 Å². The van der Waals surface area contributed by atoms with Crippen molar-refractivity contribution in [1.29, 1.82) is 0 Å². The van der Waals surface area contributed by atoms with E-state index in [1.165, 1.54) is 17.4 Å². The van der Waals surface area contributed by atoms with E-state index < -0.39 is 17.2 Å². The average molecular weight is 548 g/mol. The molecule has 4 heterocycles. The minimum atomic E-state index is -0.774. The Labute approximate surface area is 230 Å². The number of ketones is 1. The van der Waals surface area contributed by atoms with E-state index in [4.69, 9.17) is 4.98 Å². The van der Waals surface area contributed by atoms with Gasteiger partial charge in [0.05, 0.1) is 22.1 Å². The molecular formula is C29H30FN5O3S. The van der Waals surface area contributed by atoms with Gasteiger partial charge in [0.1, 0.15) is 22.3 Å². The number of hydrogen-bond acceptors (Lipinski definition) is 8. The van der Waals surface area contributed by atoms with Gasteiger partial charge in [-0.05, 0) is 62.4 Å². The second-order valence-electron chi connectivity index (χ2n) is 10.4. The first kappa shape index (κ1) is 26.8. The van der Waals surface area contributed by atoms with Crippen molar-refractivity contribution in [2.45, 2.75) is 52.9 Å². The molecule has 0 spiro atoms. The standard InChI is InChI=1S/C29H30FN5O3S/c1-4-5-20(36)13-24-34-23-12-18(11-21(26(23)39-24)25-22(30)10-17(2)14-31-25)19-15-32-28(33-16-19)35-8-6-29(3,7-9-35)27(37)38/h10-12,14-16H,4-9,13H2,1-3H3,(H,37,38). The van der Waals surface area contributed by atoms with Crippen LogP contribution in [-0.2, 0) is 16.0 Å². The number of nitrogens with zero attached hydrogens (tertiary/aromatic N) is 5. The predicted octanol–water partition coefficient (Wildman–Crippen LogP) is 5.87. The van der Waals surface area contributed by atoms with Gasteiger partial charge in [0.15, 0.2) is 0 Å². The summed E-state index contributed by atoms with van der Waals surface area (Å²) in [6.07, 6.45) is 7.65. The van der Waals surface area contributed by atoms with Gasteiger partial charge in [0.2, 0.25) is 5.95 Å². The van der Waals surface area contributed by atoms with Crippen LogP contribution in [0.2, 0.25) is 0 Å². The Bertz CT molecular complexity index is 1540. The maximum Gasteiger partial charge on any atom is 0.309 e. The van der Waals surface area contributed by atoms with Crippen LogP contribution in [0.4, 0.5) is 10.3 Å². The molecule has 0 aliphatic carbocycles. The number of piperidine rings is 1. The molecule has 0 bridgehead atoms. The number of hydrogen-bond donors (Lipinski definition) is 1. The molecule has 3 aromatic heterocycles. The largest absolute Gasteiger partial charge is 0.481 e. The lowest BCUT2D eigenvalue weighted by Gasteiger charge is -2.36. The molecule has 0 radical (unpaired) electrons. The van der Waals surface area contributed by atoms with Crippen molar-refractivity contribution in [3.8, 4) is 22.4 Å². The molecule has 202 valence electrons. The van der Waals surface area contributed by atoms with Gasteiger partial charge in [0.25, 0.3) is 0 Å². The number of carboxylic acid groups (broad SMARTS) is 1. The number of fused-ring (bicyclic) bond motifs is 1. The molecule has 5 rings (SSSR count). The van der Waals surface area contributed by atoms with Gasteiger partial charge in [0, 0.05) is 49.2 Å². The summed E-state index contributed by atoms with van der Waals surface area (Å²) in [6, 6.07) is 5.24. The summed E-state index contributed by atoms with van der Waals surface area (Å²) in [7, 11) is 0. The summed E-state index contributed by atoms with van der Waals surface area (Å²) in [4.78, 5) is 44.1. The second-order valence-corrected chi connectivity index (χ2v) is 11.5. The molecular weight excluding hydrogens is 517 g/mol. The van der Waals surface area contributed by atoms with Crippen molar-refractivity contribution in [3.05, 3.63) is 53.2 Å². The molecule has 4 aromatic rings. The predicted molar refractivity (Wildman–Crippen MR) is 149 cm³/mol. The first-order valence-electron chi connectivity index (χ1n) is 13.1. The van der Waals surface area contributed by atoms with E-state index in [0.717, 1.165) is 27.8 Å². The number of halogens is 1. The van der Waals surface area contributed by atoms with Crippen molar-refractivity contribution >= 4 is 39.3 Å². The van der Waals surface area contributed by atoms with Gasteiger partial charge in [-0.25, -0.2) is 19.3 Å². The molecule has 1 aliphatic rings. The smallest absolute Gasteiger partial charge is 0.309 e. The van der Waals surface area contributed by atoms with Crippen LogP contribution in [0.15, 0.2) is 36.8 Å². The molecule has 0 unspecified atom stereocenters. The van der Waals surface area contributed by atoms with Crippen molar-refractivity contribution < 1.29 is 19.1 Å². The highest BCUT2D eigenvalue weighted by Gasteiger charge is 2.37. The van der Waals surface area contributed by atoms with Crippen LogP contribution in [0, 0.1) is 18.2 Å². The van der Waals surface area contributed by atoms with Crippen molar-refractivity contribution in [1.82, 2.24) is 19.9 Å². The zero-order chi connectivity index (χ0) is 27.7. The fraction of sp³-hybridized carbons (Fsp3) is 0.379. The Morgan fingerprint density at radius 1 is 1.08 bits per heavy atom. The van der Waals surface area contributed by atoms with E-state index >= 15 is 4.39 Å². The molecule has 10 heteroatoms. The molecule has 1 N–H and O–H groups in total. The normalized spacial score (nSPS) is 15.0. The summed E-state index contributed by atoms with van der Waals surface area (Å²) in [5.74, 6) is -0.521. The summed E-state index contributed by atoms with van der Waals surface area (Å²) >= 11 is 1.39. The van der Waals surface area contributed by atoms with Gasteiger partial charge < -0.3 is 10.0 Å². The van der Waals surface area contributed by atoms with Crippen LogP contribution < -0.4 is 4.90 Å². The lowest BCUT2D eigenvalue weighted by molar-refractivity contribution is -0.149. The average Bonchev–Trinajstić information content (AvgIpc) is 3.31. The summed E-state index contributed by atoms with van der Waals surface area (Å²) in [5, 5.41) is 10.2. The lowest BCUT2D eigenvalue weighted by atomic mass is 9.80. The lowest BCUT2D eigenvalue weighted by Crippen LogP contribution is -2.43. The Morgan fingerprint density at radius 2 is 1.79 bits per heavy atom. The molecule has 39 heavy (non-hydrogen) atoms. The van der Waals surface area contributed by atoms with Crippen LogP contribution >= 0.6 is 11.3 Å². The SMILES string of the molecule is CCCC(=O)Cc1nc2cc(-c3cnc(N4CCC(C)(C(=O)O)CC4)nc3)cc(-c3ncc(C)cc3F)c2s1. The molecule has 1 aliphatic heterocycles. The minimum Gasteiger partial charge on any atom is -0.481 e. The van der Waals surface area contributed by atoms with E-state index in [2.05, 4.69) is 15.0 Å². The number of benzene rings is 1. The second kappa shape index (κ2) is 10.8. The van der Waals surface area contributed by atoms with E-state index in [-0.39, 0.29) is 17.9 Å². The quantitative estimate of drug-likeness (QED) is 0.292. The number of Topliss-reactive ketones (excluding diaryl/α,β-unsaturated/α-hetero) is 1. The Balaban J connectivity index is 1.50. The number of pyridine rings is 1. The van der Waals surface area contributed by atoms with Crippen molar-refractivity contribution in [2.75, 3.05) is 18.0 Å². The van der Waals surface area contributed by atoms with Gasteiger partial charge in [-0.1, -0.05) is 6.92 Å². The first-order valence-corrected chi connectivity index (χ1v) is 13.9. The molecule has 1 fully saturated rings. The number of thiazole rings is 1. The fourth-order valence-electron chi connectivity index (χ4n) is 4.81. The monoisotopic (exact) mass is 547 g/mol. The van der Waals surface area contributed by atoms with Crippen molar-refractivity contribution in [2.24, 2.45) is 5.41 Å². The molecule has 8 nitrogen and oxygen atoms in total. The van der Waals surface area contributed by atoms with Gasteiger partial charge >= 0.3 is 5.97 Å². The maximum absolute atomic E-state index is 15.1. The van der Waals surface area contributed by atoms with Crippen LogP contribution in [-0.4, -0.2) is 49.9 Å². The highest BCUT2D eigenvalue weighted by atomic mass is 32.1. The highest BCUT2D eigenvalue weighted by molar-refractivity contribution is 7.19. The number of carbonyl (C=O) groups is 2. The molecule has 0 saturated carbocycles. The zero-order valence-corrected chi connectivity index (χ0v) is 23.0. The molecule has 1 aromatic carbocycles. The van der Waals surface area contributed by atoms with E-state index in [1.54, 1.807) is 32.4 Å². The number of carbonyl (C=O) groups excluding carboxylic acids is 1. The van der Waals surface area contributed by atoms with Gasteiger partial charge in [-0.3, -0.25) is 14.6 Å². The summed E-state index contributed by atoms with van der Waals surface area (Å²) in [5.41, 5.74) is 3.01. The van der Waals surface area contributed by atoms with E-state index in [9.17, 15) is 14.7 Å². The van der Waals surface area contributed by atoms with E-state index in [1.807, 2.05) is 24.0 Å². The van der Waals surface area contributed by atoms with E-state index in [0.29, 0.717) is 54.4 Å². The summed E-state index contributed by atoms with van der Waals surface area (Å²) < 4.78 is 15.9.